The molecule has 0 spiro atoms. The number of hydrogen-bond donors (Lipinski definition) is 2. The minimum absolute atomic E-state index is 0.0596. The van der Waals surface area contributed by atoms with Crippen LogP contribution in [-0.4, -0.2) is 41.4 Å². The summed E-state index contributed by atoms with van der Waals surface area (Å²) in [6, 6.07) is 7.77. The molecule has 0 saturated carbocycles. The van der Waals surface area contributed by atoms with Gasteiger partial charge in [-0.05, 0) is 68.6 Å². The van der Waals surface area contributed by atoms with Crippen LogP contribution in [0, 0.1) is 11.7 Å². The number of amides is 1. The highest BCUT2D eigenvalue weighted by atomic mass is 35.5. The Balaban J connectivity index is 1.65. The molecule has 1 fully saturated rings. The number of methoxy groups -OCH3 is 1. The van der Waals surface area contributed by atoms with Gasteiger partial charge in [0.1, 0.15) is 5.69 Å². The van der Waals surface area contributed by atoms with Gasteiger partial charge in [0.25, 0.3) is 5.91 Å². The van der Waals surface area contributed by atoms with Crippen molar-refractivity contribution in [2.45, 2.75) is 19.3 Å². The lowest BCUT2D eigenvalue weighted by Crippen LogP contribution is -2.28. The number of ketones is 1. The molecule has 3 aromatic rings. The van der Waals surface area contributed by atoms with Crippen LogP contribution in [0.3, 0.4) is 0 Å². The topological polar surface area (TPSA) is 99.2 Å². The predicted molar refractivity (Wildman–Crippen MR) is 123 cm³/mol. The lowest BCUT2D eigenvalue weighted by Gasteiger charge is -2.22. The Morgan fingerprint density at radius 3 is 2.67 bits per heavy atom. The molecule has 1 aliphatic rings. The molecule has 0 atom stereocenters. The van der Waals surface area contributed by atoms with E-state index in [2.05, 4.69) is 10.3 Å². The largest absolute Gasteiger partial charge is 0.494 e. The van der Waals surface area contributed by atoms with Crippen molar-refractivity contribution in [1.29, 1.82) is 0 Å². The average molecular weight is 471 g/mol. The van der Waals surface area contributed by atoms with Crippen molar-refractivity contribution in [2.24, 2.45) is 11.7 Å². The molecule has 0 bridgehead atoms. The molecule has 1 aromatic carbocycles. The summed E-state index contributed by atoms with van der Waals surface area (Å²) < 4.78 is 21.2. The monoisotopic (exact) mass is 470 g/mol. The van der Waals surface area contributed by atoms with E-state index in [1.807, 2.05) is 12.1 Å². The molecule has 1 aliphatic heterocycles. The molecule has 9 heteroatoms. The van der Waals surface area contributed by atoms with Crippen molar-refractivity contribution in [1.82, 2.24) is 14.9 Å². The fourth-order valence-electron chi connectivity index (χ4n) is 4.10. The second-order valence-corrected chi connectivity index (χ2v) is 8.43. The average Bonchev–Trinajstić information content (AvgIpc) is 3.26. The van der Waals surface area contributed by atoms with Crippen LogP contribution in [0.15, 0.2) is 42.7 Å². The molecule has 4 rings (SSSR count). The van der Waals surface area contributed by atoms with Gasteiger partial charge in [-0.1, -0.05) is 11.6 Å². The zero-order valence-corrected chi connectivity index (χ0v) is 18.9. The van der Waals surface area contributed by atoms with Crippen LogP contribution in [0.25, 0.3) is 5.69 Å². The second kappa shape index (κ2) is 9.72. The van der Waals surface area contributed by atoms with E-state index in [0.717, 1.165) is 38.0 Å². The number of piperidine rings is 1. The van der Waals surface area contributed by atoms with Gasteiger partial charge in [0, 0.05) is 17.5 Å². The van der Waals surface area contributed by atoms with Crippen molar-refractivity contribution < 1.29 is 18.7 Å². The van der Waals surface area contributed by atoms with E-state index >= 15 is 0 Å². The summed E-state index contributed by atoms with van der Waals surface area (Å²) in [5.41, 5.74) is 6.88. The van der Waals surface area contributed by atoms with E-state index in [4.69, 9.17) is 22.1 Å². The normalized spacial score (nSPS) is 14.3. The van der Waals surface area contributed by atoms with Crippen LogP contribution in [0.4, 0.5) is 4.39 Å². The SMILES string of the molecule is COc1ccc(Cl)c(C(=O)c2cc(C(N)=O)n(-c3ccc(CC4CCNCC4)nc3)c2)c1F. The quantitative estimate of drug-likeness (QED) is 0.514. The van der Waals surface area contributed by atoms with Crippen molar-refractivity contribution in [3.8, 4) is 11.4 Å². The van der Waals surface area contributed by atoms with E-state index in [9.17, 15) is 14.0 Å². The molecule has 7 nitrogen and oxygen atoms in total. The van der Waals surface area contributed by atoms with Gasteiger partial charge in [0.2, 0.25) is 0 Å². The highest BCUT2D eigenvalue weighted by Crippen LogP contribution is 2.30. The Labute approximate surface area is 195 Å². The third kappa shape index (κ3) is 4.77. The zero-order chi connectivity index (χ0) is 23.5. The van der Waals surface area contributed by atoms with Crippen molar-refractivity contribution >= 4 is 23.3 Å². The molecule has 0 aliphatic carbocycles. The highest BCUT2D eigenvalue weighted by Gasteiger charge is 2.24. The lowest BCUT2D eigenvalue weighted by molar-refractivity contribution is 0.0993. The molecule has 0 radical (unpaired) electrons. The first-order valence-electron chi connectivity index (χ1n) is 10.6. The van der Waals surface area contributed by atoms with E-state index in [1.165, 1.54) is 36.1 Å². The van der Waals surface area contributed by atoms with Crippen LogP contribution in [0.5, 0.6) is 5.75 Å². The van der Waals surface area contributed by atoms with Crippen molar-refractivity contribution in [3.63, 3.8) is 0 Å². The van der Waals surface area contributed by atoms with Crippen LogP contribution in [0.2, 0.25) is 5.02 Å². The molecule has 1 amide bonds. The molecule has 33 heavy (non-hydrogen) atoms. The summed E-state index contributed by atoms with van der Waals surface area (Å²) in [6.07, 6.45) is 6.18. The second-order valence-electron chi connectivity index (χ2n) is 8.02. The van der Waals surface area contributed by atoms with Gasteiger partial charge in [-0.15, -0.1) is 0 Å². The molecular formula is C24H24ClFN4O3. The van der Waals surface area contributed by atoms with Gasteiger partial charge in [-0.2, -0.15) is 0 Å². The first kappa shape index (κ1) is 22.9. The van der Waals surface area contributed by atoms with Gasteiger partial charge in [-0.3, -0.25) is 14.6 Å². The number of pyridine rings is 1. The van der Waals surface area contributed by atoms with Gasteiger partial charge >= 0.3 is 0 Å². The third-order valence-electron chi connectivity index (χ3n) is 5.88. The number of nitrogens with one attached hydrogen (secondary N) is 1. The van der Waals surface area contributed by atoms with E-state index in [1.54, 1.807) is 6.20 Å². The fraction of sp³-hybridized carbons (Fsp3) is 0.292. The molecule has 1 saturated heterocycles. The maximum absolute atomic E-state index is 14.8. The number of nitrogens with zero attached hydrogens (tertiary/aromatic N) is 2. The van der Waals surface area contributed by atoms with Gasteiger partial charge in [-0.25, -0.2) is 4.39 Å². The summed E-state index contributed by atoms with van der Waals surface area (Å²) >= 11 is 6.10. The molecule has 3 N–H and O–H groups in total. The molecule has 3 heterocycles. The predicted octanol–water partition coefficient (Wildman–Crippen LogP) is 3.55. The number of ether oxygens (including phenoxy) is 1. The molecular weight excluding hydrogens is 447 g/mol. The number of primary amides is 1. The number of hydrogen-bond acceptors (Lipinski definition) is 5. The maximum Gasteiger partial charge on any atom is 0.265 e. The zero-order valence-electron chi connectivity index (χ0n) is 18.1. The Hall–Kier alpha value is -3.23. The number of benzene rings is 1. The lowest BCUT2D eigenvalue weighted by atomic mass is 9.93. The van der Waals surface area contributed by atoms with E-state index < -0.39 is 17.5 Å². The third-order valence-corrected chi connectivity index (χ3v) is 6.20. The van der Waals surface area contributed by atoms with Gasteiger partial charge in [0.15, 0.2) is 17.3 Å². The summed E-state index contributed by atoms with van der Waals surface area (Å²) in [4.78, 5) is 29.7. The Morgan fingerprint density at radius 1 is 1.27 bits per heavy atom. The summed E-state index contributed by atoms with van der Waals surface area (Å²) in [7, 11) is 1.30. The van der Waals surface area contributed by atoms with Gasteiger partial charge < -0.3 is 20.4 Å². The number of nitrogens with two attached hydrogens (primary N) is 1. The molecule has 172 valence electrons. The van der Waals surface area contributed by atoms with Crippen LogP contribution in [0.1, 0.15) is 44.9 Å². The summed E-state index contributed by atoms with van der Waals surface area (Å²) in [5.74, 6) is -1.81. The Morgan fingerprint density at radius 2 is 2.03 bits per heavy atom. The first-order chi connectivity index (χ1) is 15.9. The van der Waals surface area contributed by atoms with E-state index in [0.29, 0.717) is 11.6 Å². The smallest absolute Gasteiger partial charge is 0.265 e. The minimum atomic E-state index is -0.868. The van der Waals surface area contributed by atoms with Crippen molar-refractivity contribution in [3.05, 3.63) is 76.1 Å². The Kier molecular flexibility index (Phi) is 6.76. The number of carbonyl (C=O) groups excluding carboxylic acids is 2. The van der Waals surface area contributed by atoms with E-state index in [-0.39, 0.29) is 27.6 Å². The highest BCUT2D eigenvalue weighted by molar-refractivity contribution is 6.35. The standard InChI is InChI=1S/C24H24ClFN4O3/c1-33-20-5-4-18(25)21(22(20)26)23(31)15-11-19(24(27)32)30(13-15)17-3-2-16(29-12-17)10-14-6-8-28-9-7-14/h2-5,11-14,28H,6-10H2,1H3,(H2,27,32). The first-order valence-corrected chi connectivity index (χ1v) is 11.0. The minimum Gasteiger partial charge on any atom is -0.494 e. The number of halogens is 2. The fourth-order valence-corrected chi connectivity index (χ4v) is 4.33. The van der Waals surface area contributed by atoms with Gasteiger partial charge in [0.05, 0.1) is 29.6 Å². The molecule has 2 aromatic heterocycles. The van der Waals surface area contributed by atoms with Crippen LogP contribution < -0.4 is 15.8 Å². The summed E-state index contributed by atoms with van der Waals surface area (Å²) in [5, 5.41) is 3.29. The van der Waals surface area contributed by atoms with Crippen molar-refractivity contribution in [2.75, 3.05) is 20.2 Å². The number of rotatable bonds is 7. The maximum atomic E-state index is 14.8. The van der Waals surface area contributed by atoms with Crippen LogP contribution in [-0.2, 0) is 6.42 Å². The Bertz CT molecular complexity index is 1190. The summed E-state index contributed by atoms with van der Waals surface area (Å²) in [6.45, 7) is 2.03. The van der Waals surface area contributed by atoms with Crippen LogP contribution >= 0.6 is 11.6 Å². The number of carbonyl (C=O) groups is 2. The molecule has 0 unspecified atom stereocenters. The number of aromatic nitrogens is 2.